The second kappa shape index (κ2) is 5.01. The zero-order valence-electron chi connectivity index (χ0n) is 10.2. The Morgan fingerprint density at radius 1 is 1.16 bits per heavy atom. The van der Waals surface area contributed by atoms with Gasteiger partial charge in [0.15, 0.2) is 5.82 Å². The molecule has 3 rings (SSSR count). The molecule has 1 atom stereocenters. The average molecular weight is 271 g/mol. The average Bonchev–Trinajstić information content (AvgIpc) is 2.79. The third-order valence-electron chi connectivity index (χ3n) is 3.09. The number of anilines is 1. The molecule has 1 amide bonds. The maximum atomic E-state index is 11.7. The number of hydrogen-bond donors (Lipinski definition) is 1. The van der Waals surface area contributed by atoms with E-state index in [1.807, 2.05) is 30.3 Å². The van der Waals surface area contributed by atoms with Crippen molar-refractivity contribution < 1.29 is 4.79 Å². The molecule has 2 heterocycles. The molecular weight excluding hydrogens is 258 g/mol. The molecule has 19 heavy (non-hydrogen) atoms. The smallest absolute Gasteiger partial charge is 0.229 e. The number of aromatic nitrogens is 2. The third kappa shape index (κ3) is 2.46. The van der Waals surface area contributed by atoms with Crippen LogP contribution in [0.5, 0.6) is 0 Å². The quantitative estimate of drug-likeness (QED) is 0.852. The first-order chi connectivity index (χ1) is 9.24. The van der Waals surface area contributed by atoms with E-state index < -0.39 is 0 Å². The van der Waals surface area contributed by atoms with Crippen LogP contribution in [0, 0.1) is 0 Å². The standard InChI is InChI=1S/C14H13N3OS/c18-14-6-11(19)9-17(14)13-8-15-12(7-16-13)10-4-2-1-3-5-10/h1-5,7-8,11,19H,6,9H2. The predicted molar refractivity (Wildman–Crippen MR) is 77.2 cm³/mol. The Balaban J connectivity index is 1.86. The first kappa shape index (κ1) is 12.2. The number of hydrogen-bond acceptors (Lipinski definition) is 4. The maximum absolute atomic E-state index is 11.7. The summed E-state index contributed by atoms with van der Waals surface area (Å²) >= 11 is 4.33. The van der Waals surface area contributed by atoms with Gasteiger partial charge >= 0.3 is 0 Å². The van der Waals surface area contributed by atoms with Crippen LogP contribution < -0.4 is 4.90 Å². The Morgan fingerprint density at radius 3 is 2.53 bits per heavy atom. The Bertz CT molecular complexity index is 585. The van der Waals surface area contributed by atoms with Gasteiger partial charge in [-0.3, -0.25) is 14.7 Å². The molecule has 0 radical (unpaired) electrons. The Hall–Kier alpha value is -1.88. The van der Waals surface area contributed by atoms with Gasteiger partial charge < -0.3 is 0 Å². The molecule has 96 valence electrons. The summed E-state index contributed by atoms with van der Waals surface area (Å²) in [7, 11) is 0. The van der Waals surface area contributed by atoms with E-state index in [0.29, 0.717) is 18.8 Å². The summed E-state index contributed by atoms with van der Waals surface area (Å²) < 4.78 is 0. The van der Waals surface area contributed by atoms with Crippen molar-refractivity contribution in [3.8, 4) is 11.3 Å². The molecule has 0 spiro atoms. The van der Waals surface area contributed by atoms with Crippen LogP contribution in [0.4, 0.5) is 5.82 Å². The maximum Gasteiger partial charge on any atom is 0.229 e. The van der Waals surface area contributed by atoms with Gasteiger partial charge in [-0.1, -0.05) is 30.3 Å². The van der Waals surface area contributed by atoms with E-state index >= 15 is 0 Å². The van der Waals surface area contributed by atoms with Crippen molar-refractivity contribution in [2.75, 3.05) is 11.4 Å². The summed E-state index contributed by atoms with van der Waals surface area (Å²) in [6.07, 6.45) is 3.81. The lowest BCUT2D eigenvalue weighted by Crippen LogP contribution is -2.25. The SMILES string of the molecule is O=C1CC(S)CN1c1cnc(-c2ccccc2)cn1. The van der Waals surface area contributed by atoms with E-state index in [-0.39, 0.29) is 11.2 Å². The highest BCUT2D eigenvalue weighted by atomic mass is 32.1. The minimum atomic E-state index is 0.0572. The molecule has 1 aromatic heterocycles. The van der Waals surface area contributed by atoms with Gasteiger partial charge in [-0.05, 0) is 0 Å². The molecule has 1 aliphatic rings. The molecule has 4 nitrogen and oxygen atoms in total. The third-order valence-corrected chi connectivity index (χ3v) is 3.43. The fraction of sp³-hybridized carbons (Fsp3) is 0.214. The number of carbonyl (C=O) groups is 1. The molecule has 1 aromatic carbocycles. The summed E-state index contributed by atoms with van der Waals surface area (Å²) in [6.45, 7) is 0.599. The number of thiol groups is 1. The van der Waals surface area contributed by atoms with Crippen LogP contribution in [0.25, 0.3) is 11.3 Å². The summed E-state index contributed by atoms with van der Waals surface area (Å²) in [5.41, 5.74) is 1.82. The number of carbonyl (C=O) groups excluding carboxylic acids is 1. The summed E-state index contributed by atoms with van der Waals surface area (Å²) in [6, 6.07) is 9.84. The molecule has 1 unspecified atom stereocenters. The molecule has 5 heteroatoms. The van der Waals surface area contributed by atoms with Crippen LogP contribution >= 0.6 is 12.6 Å². The van der Waals surface area contributed by atoms with E-state index in [2.05, 4.69) is 22.6 Å². The van der Waals surface area contributed by atoms with Gasteiger partial charge in [-0.25, -0.2) is 4.98 Å². The molecular formula is C14H13N3OS. The molecule has 1 fully saturated rings. The van der Waals surface area contributed by atoms with E-state index in [1.165, 1.54) is 0 Å². The van der Waals surface area contributed by atoms with E-state index in [1.54, 1.807) is 17.3 Å². The molecule has 0 saturated carbocycles. The van der Waals surface area contributed by atoms with Crippen LogP contribution in [-0.2, 0) is 4.79 Å². The first-order valence-corrected chi connectivity index (χ1v) is 6.61. The molecule has 0 aliphatic carbocycles. The Labute approximate surface area is 116 Å². The summed E-state index contributed by atoms with van der Waals surface area (Å²) in [5, 5.41) is 0.0862. The van der Waals surface area contributed by atoms with Crippen LogP contribution in [0.3, 0.4) is 0 Å². The minimum Gasteiger partial charge on any atom is -0.294 e. The van der Waals surface area contributed by atoms with Crippen LogP contribution in [0.2, 0.25) is 0 Å². The van der Waals surface area contributed by atoms with E-state index in [0.717, 1.165) is 11.3 Å². The van der Waals surface area contributed by atoms with Gasteiger partial charge in [0.2, 0.25) is 5.91 Å². The molecule has 0 bridgehead atoms. The number of benzene rings is 1. The molecule has 1 aliphatic heterocycles. The summed E-state index contributed by atoms with van der Waals surface area (Å²) in [4.78, 5) is 22.1. The lowest BCUT2D eigenvalue weighted by atomic mass is 10.2. The van der Waals surface area contributed by atoms with Crippen molar-refractivity contribution in [2.24, 2.45) is 0 Å². The van der Waals surface area contributed by atoms with Gasteiger partial charge in [-0.15, -0.1) is 0 Å². The Kier molecular flexibility index (Phi) is 3.21. The number of nitrogens with zero attached hydrogens (tertiary/aromatic N) is 3. The molecule has 2 aromatic rings. The van der Waals surface area contributed by atoms with Gasteiger partial charge in [0, 0.05) is 23.8 Å². The second-order valence-electron chi connectivity index (χ2n) is 4.49. The highest BCUT2D eigenvalue weighted by Gasteiger charge is 2.29. The Morgan fingerprint density at radius 2 is 1.95 bits per heavy atom. The fourth-order valence-corrected chi connectivity index (χ4v) is 2.45. The van der Waals surface area contributed by atoms with Crippen molar-refractivity contribution in [3.05, 3.63) is 42.7 Å². The zero-order valence-corrected chi connectivity index (χ0v) is 11.1. The highest BCUT2D eigenvalue weighted by Crippen LogP contribution is 2.23. The first-order valence-electron chi connectivity index (χ1n) is 6.10. The van der Waals surface area contributed by atoms with Gasteiger partial charge in [0.05, 0.1) is 18.1 Å². The largest absolute Gasteiger partial charge is 0.294 e. The van der Waals surface area contributed by atoms with Crippen molar-refractivity contribution in [2.45, 2.75) is 11.7 Å². The fourth-order valence-electron chi connectivity index (χ4n) is 2.13. The van der Waals surface area contributed by atoms with E-state index in [9.17, 15) is 4.79 Å². The molecule has 1 saturated heterocycles. The zero-order chi connectivity index (χ0) is 13.2. The second-order valence-corrected chi connectivity index (χ2v) is 5.22. The van der Waals surface area contributed by atoms with Gasteiger partial charge in [-0.2, -0.15) is 12.6 Å². The van der Waals surface area contributed by atoms with Crippen molar-refractivity contribution in [1.29, 1.82) is 0 Å². The van der Waals surface area contributed by atoms with Gasteiger partial charge in [0.25, 0.3) is 0 Å². The number of amides is 1. The predicted octanol–water partition coefficient (Wildman–Crippen LogP) is 2.18. The lowest BCUT2D eigenvalue weighted by molar-refractivity contribution is -0.117. The molecule has 0 N–H and O–H groups in total. The highest BCUT2D eigenvalue weighted by molar-refractivity contribution is 7.81. The van der Waals surface area contributed by atoms with E-state index in [4.69, 9.17) is 0 Å². The topological polar surface area (TPSA) is 46.1 Å². The van der Waals surface area contributed by atoms with Crippen LogP contribution in [0.15, 0.2) is 42.7 Å². The van der Waals surface area contributed by atoms with Crippen molar-refractivity contribution in [1.82, 2.24) is 9.97 Å². The monoisotopic (exact) mass is 271 g/mol. The van der Waals surface area contributed by atoms with Crippen molar-refractivity contribution in [3.63, 3.8) is 0 Å². The summed E-state index contributed by atoms with van der Waals surface area (Å²) in [5.74, 6) is 0.656. The van der Waals surface area contributed by atoms with Crippen LogP contribution in [0.1, 0.15) is 6.42 Å². The van der Waals surface area contributed by atoms with Gasteiger partial charge in [0.1, 0.15) is 0 Å². The normalized spacial score (nSPS) is 18.9. The van der Waals surface area contributed by atoms with Crippen molar-refractivity contribution >= 4 is 24.4 Å². The lowest BCUT2D eigenvalue weighted by Gasteiger charge is -2.14. The van der Waals surface area contributed by atoms with Crippen LogP contribution in [-0.4, -0.2) is 27.7 Å². The number of rotatable bonds is 2. The minimum absolute atomic E-state index is 0.0572.